The first-order valence-electron chi connectivity index (χ1n) is 9.56. The minimum Gasteiger partial charge on any atom is -0.342 e. The molecule has 1 aliphatic rings. The van der Waals surface area contributed by atoms with Gasteiger partial charge in [-0.1, -0.05) is 11.2 Å². The second-order valence-electron chi connectivity index (χ2n) is 7.17. The van der Waals surface area contributed by atoms with Crippen molar-refractivity contribution in [1.29, 1.82) is 0 Å². The molecule has 1 amide bonds. The lowest BCUT2D eigenvalue weighted by atomic mass is 9.93. The van der Waals surface area contributed by atoms with Crippen LogP contribution in [-0.4, -0.2) is 34.0 Å². The fourth-order valence-corrected chi connectivity index (χ4v) is 4.30. The van der Waals surface area contributed by atoms with E-state index in [0.717, 1.165) is 37.2 Å². The fraction of sp³-hybridized carbons (Fsp3) is 0.381. The number of nitrogens with zero attached hydrogens (tertiary/aromatic N) is 3. The van der Waals surface area contributed by atoms with Gasteiger partial charge in [0.05, 0.1) is 6.42 Å². The van der Waals surface area contributed by atoms with Crippen LogP contribution in [0.2, 0.25) is 0 Å². The zero-order chi connectivity index (χ0) is 19.3. The number of aryl methyl sites for hydroxylation is 1. The van der Waals surface area contributed by atoms with E-state index in [0.29, 0.717) is 36.0 Å². The molecule has 0 saturated carbocycles. The largest absolute Gasteiger partial charge is 0.342 e. The Morgan fingerprint density at radius 1 is 1.29 bits per heavy atom. The van der Waals surface area contributed by atoms with Crippen LogP contribution >= 0.6 is 11.3 Å². The summed E-state index contributed by atoms with van der Waals surface area (Å²) in [6, 6.07) is 10.0. The van der Waals surface area contributed by atoms with Crippen LogP contribution in [0.3, 0.4) is 0 Å². The molecular weight excluding hydrogens is 377 g/mol. The van der Waals surface area contributed by atoms with Gasteiger partial charge >= 0.3 is 0 Å². The molecule has 0 bridgehead atoms. The van der Waals surface area contributed by atoms with Crippen molar-refractivity contribution in [3.8, 4) is 11.5 Å². The van der Waals surface area contributed by atoms with Gasteiger partial charge < -0.3 is 9.42 Å². The first-order chi connectivity index (χ1) is 13.7. The van der Waals surface area contributed by atoms with Gasteiger partial charge in [0.2, 0.25) is 5.91 Å². The summed E-state index contributed by atoms with van der Waals surface area (Å²) in [6.45, 7) is 1.64. The third-order valence-electron chi connectivity index (χ3n) is 5.11. The number of hydrogen-bond donors (Lipinski definition) is 0. The summed E-state index contributed by atoms with van der Waals surface area (Å²) in [7, 11) is 0. The molecule has 4 rings (SSSR count). The molecule has 1 aromatic carbocycles. The van der Waals surface area contributed by atoms with Crippen molar-refractivity contribution in [1.82, 2.24) is 15.0 Å². The summed E-state index contributed by atoms with van der Waals surface area (Å²) in [4.78, 5) is 20.1. The monoisotopic (exact) mass is 399 g/mol. The van der Waals surface area contributed by atoms with Crippen molar-refractivity contribution < 1.29 is 13.7 Å². The van der Waals surface area contributed by atoms with Crippen molar-refractivity contribution in [2.75, 3.05) is 13.1 Å². The quantitative estimate of drug-likeness (QED) is 0.618. The number of likely N-dealkylation sites (tertiary alicyclic amines) is 1. The predicted octanol–water partition coefficient (Wildman–Crippen LogP) is 4.35. The predicted molar refractivity (Wildman–Crippen MR) is 105 cm³/mol. The van der Waals surface area contributed by atoms with Gasteiger partial charge in [0.25, 0.3) is 5.89 Å². The molecule has 1 atom stereocenters. The summed E-state index contributed by atoms with van der Waals surface area (Å²) >= 11 is 1.63. The zero-order valence-corrected chi connectivity index (χ0v) is 16.3. The minimum absolute atomic E-state index is 0.213. The highest BCUT2D eigenvalue weighted by Gasteiger charge is 2.24. The lowest BCUT2D eigenvalue weighted by molar-refractivity contribution is -0.132. The lowest BCUT2D eigenvalue weighted by Crippen LogP contribution is -2.40. The number of amides is 1. The van der Waals surface area contributed by atoms with E-state index in [1.165, 1.54) is 12.1 Å². The third kappa shape index (κ3) is 4.65. The molecule has 0 radical (unpaired) electrons. The second-order valence-corrected chi connectivity index (χ2v) is 8.20. The van der Waals surface area contributed by atoms with E-state index >= 15 is 0 Å². The summed E-state index contributed by atoms with van der Waals surface area (Å²) in [5, 5.41) is 6.05. The molecule has 1 aliphatic heterocycles. The highest BCUT2D eigenvalue weighted by Crippen LogP contribution is 2.23. The molecule has 1 fully saturated rings. The highest BCUT2D eigenvalue weighted by molar-refractivity contribution is 7.10. The number of thiophene rings is 1. The average Bonchev–Trinajstić information content (AvgIpc) is 3.39. The van der Waals surface area contributed by atoms with E-state index < -0.39 is 0 Å². The number of halogens is 1. The Balaban J connectivity index is 1.30. The highest BCUT2D eigenvalue weighted by atomic mass is 32.1. The number of hydrogen-bond acceptors (Lipinski definition) is 5. The second kappa shape index (κ2) is 8.65. The van der Waals surface area contributed by atoms with Crippen LogP contribution in [-0.2, 0) is 17.6 Å². The number of aromatic nitrogens is 2. The van der Waals surface area contributed by atoms with Crippen LogP contribution < -0.4 is 0 Å². The van der Waals surface area contributed by atoms with Crippen molar-refractivity contribution >= 4 is 17.2 Å². The van der Waals surface area contributed by atoms with Crippen LogP contribution in [0.5, 0.6) is 0 Å². The van der Waals surface area contributed by atoms with E-state index in [1.54, 1.807) is 23.5 Å². The van der Waals surface area contributed by atoms with Crippen molar-refractivity contribution in [2.45, 2.75) is 32.1 Å². The Morgan fingerprint density at radius 2 is 2.14 bits per heavy atom. The normalized spacial score (nSPS) is 17.0. The molecule has 2 aromatic heterocycles. The van der Waals surface area contributed by atoms with Crippen LogP contribution in [0.4, 0.5) is 4.39 Å². The minimum atomic E-state index is -0.293. The Labute approximate surface area is 167 Å². The average molecular weight is 399 g/mol. The van der Waals surface area contributed by atoms with Crippen LogP contribution in [0.25, 0.3) is 11.5 Å². The standard InChI is InChI=1S/C21H22FN3O2S/c22-17-8-6-16(7-9-17)21-23-19(24-27-21)10-5-15-3-1-11-25(14-15)20(26)13-18-4-2-12-28-18/h2,4,6-9,12,15H,1,3,5,10-11,13-14H2. The molecule has 7 heteroatoms. The molecule has 0 aliphatic carbocycles. The first kappa shape index (κ1) is 18.8. The molecule has 1 unspecified atom stereocenters. The van der Waals surface area contributed by atoms with Gasteiger partial charge in [0.15, 0.2) is 5.82 Å². The summed E-state index contributed by atoms with van der Waals surface area (Å²) in [5.41, 5.74) is 0.711. The smallest absolute Gasteiger partial charge is 0.257 e. The van der Waals surface area contributed by atoms with Gasteiger partial charge in [0, 0.05) is 30.0 Å². The molecule has 28 heavy (non-hydrogen) atoms. The number of piperidine rings is 1. The lowest BCUT2D eigenvalue weighted by Gasteiger charge is -2.32. The molecule has 0 N–H and O–H groups in total. The van der Waals surface area contributed by atoms with Crippen LogP contribution in [0.1, 0.15) is 30.0 Å². The van der Waals surface area contributed by atoms with Gasteiger partial charge in [-0.25, -0.2) is 4.39 Å². The molecule has 3 aromatic rings. The van der Waals surface area contributed by atoms with E-state index in [9.17, 15) is 9.18 Å². The van der Waals surface area contributed by atoms with Crippen LogP contribution in [0.15, 0.2) is 46.3 Å². The Morgan fingerprint density at radius 3 is 2.93 bits per heavy atom. The molecule has 5 nitrogen and oxygen atoms in total. The maximum absolute atomic E-state index is 13.0. The van der Waals surface area contributed by atoms with Gasteiger partial charge in [-0.3, -0.25) is 4.79 Å². The maximum atomic E-state index is 13.0. The number of carbonyl (C=O) groups is 1. The first-order valence-corrected chi connectivity index (χ1v) is 10.4. The van der Waals surface area contributed by atoms with E-state index in [-0.39, 0.29) is 11.7 Å². The van der Waals surface area contributed by atoms with Crippen LogP contribution in [0, 0.1) is 11.7 Å². The fourth-order valence-electron chi connectivity index (χ4n) is 3.60. The SMILES string of the molecule is O=C(Cc1cccs1)N1CCCC(CCc2noc(-c3ccc(F)cc3)n2)C1. The van der Waals surface area contributed by atoms with Gasteiger partial charge in [0.1, 0.15) is 5.82 Å². The van der Waals surface area contributed by atoms with Gasteiger partial charge in [-0.2, -0.15) is 4.98 Å². The van der Waals surface area contributed by atoms with Gasteiger partial charge in [-0.15, -0.1) is 11.3 Å². The Kier molecular flexibility index (Phi) is 5.81. The van der Waals surface area contributed by atoms with Crippen molar-refractivity contribution in [3.05, 3.63) is 58.3 Å². The summed E-state index contributed by atoms with van der Waals surface area (Å²) in [5.74, 6) is 1.44. The number of rotatable bonds is 6. The number of benzene rings is 1. The topological polar surface area (TPSA) is 59.2 Å². The van der Waals surface area contributed by atoms with Crippen molar-refractivity contribution in [3.63, 3.8) is 0 Å². The summed E-state index contributed by atoms with van der Waals surface area (Å²) < 4.78 is 18.3. The molecule has 1 saturated heterocycles. The molecule has 3 heterocycles. The third-order valence-corrected chi connectivity index (χ3v) is 5.99. The van der Waals surface area contributed by atoms with Crippen molar-refractivity contribution in [2.24, 2.45) is 5.92 Å². The van der Waals surface area contributed by atoms with E-state index in [2.05, 4.69) is 10.1 Å². The molecule has 146 valence electrons. The zero-order valence-electron chi connectivity index (χ0n) is 15.5. The Bertz CT molecular complexity index is 908. The molecule has 0 spiro atoms. The van der Waals surface area contributed by atoms with E-state index in [1.807, 2.05) is 22.4 Å². The van der Waals surface area contributed by atoms with Gasteiger partial charge in [-0.05, 0) is 60.9 Å². The number of carbonyl (C=O) groups excluding carboxylic acids is 1. The maximum Gasteiger partial charge on any atom is 0.257 e. The summed E-state index contributed by atoms with van der Waals surface area (Å²) in [6.07, 6.45) is 4.28. The molecular formula is C21H22FN3O2S. The van der Waals surface area contributed by atoms with E-state index in [4.69, 9.17) is 4.52 Å². The Hall–Kier alpha value is -2.54.